The van der Waals surface area contributed by atoms with Crippen LogP contribution in [-0.4, -0.2) is 35.0 Å². The number of fused-ring (bicyclic) bond motifs is 5. The van der Waals surface area contributed by atoms with Crippen LogP contribution in [0.4, 0.5) is 0 Å². The smallest absolute Gasteiger partial charge is 0.234 e. The standard InChI is InChI=1S/C39H29N3O4/c1-22-35(43)37(45)33(38(46)36(22)44)27-9-6-8-26(19-27)23-13-15-24(16-14-23)28-20-40-39(41-21-28)42-32-12-5-4-11-30(32)31-18-17-25-7-2-3-10-29(25)34(31)42/h2-16,19-21,43-46H,17-18H2,1H3. The molecule has 0 aliphatic heterocycles. The molecular weight excluding hydrogens is 574 g/mol. The van der Waals surface area contributed by atoms with Gasteiger partial charge in [0.25, 0.3) is 0 Å². The Hall–Kier alpha value is -6.08. The first-order valence-electron chi connectivity index (χ1n) is 15.1. The Balaban J connectivity index is 1.13. The quantitative estimate of drug-likeness (QED) is 0.119. The number of hydrogen-bond acceptors (Lipinski definition) is 6. The Morgan fingerprint density at radius 1 is 0.587 bits per heavy atom. The second-order valence-electron chi connectivity index (χ2n) is 11.7. The van der Waals surface area contributed by atoms with E-state index in [1.807, 2.05) is 42.7 Å². The number of nitrogens with zero attached hydrogens (tertiary/aromatic N) is 3. The van der Waals surface area contributed by atoms with Crippen LogP contribution in [0.5, 0.6) is 23.0 Å². The van der Waals surface area contributed by atoms with Gasteiger partial charge in [-0.1, -0.05) is 84.9 Å². The summed E-state index contributed by atoms with van der Waals surface area (Å²) in [5.74, 6) is -1.28. The molecule has 4 N–H and O–H groups in total. The topological polar surface area (TPSA) is 112 Å². The zero-order valence-electron chi connectivity index (χ0n) is 24.9. The number of rotatable bonds is 4. The summed E-state index contributed by atoms with van der Waals surface area (Å²) in [6.07, 6.45) is 5.71. The molecule has 7 heteroatoms. The predicted octanol–water partition coefficient (Wildman–Crippen LogP) is 8.32. The van der Waals surface area contributed by atoms with E-state index in [1.54, 1.807) is 18.2 Å². The van der Waals surface area contributed by atoms with Crippen molar-refractivity contribution in [2.45, 2.75) is 19.8 Å². The predicted molar refractivity (Wildman–Crippen MR) is 179 cm³/mol. The summed E-state index contributed by atoms with van der Waals surface area (Å²) in [7, 11) is 0. The molecule has 46 heavy (non-hydrogen) atoms. The number of phenolic OH excluding ortho intramolecular Hbond substituents is 4. The largest absolute Gasteiger partial charge is 0.504 e. The molecule has 2 aromatic heterocycles. The highest BCUT2D eigenvalue weighted by molar-refractivity contribution is 5.95. The van der Waals surface area contributed by atoms with Crippen molar-refractivity contribution in [2.24, 2.45) is 0 Å². The number of para-hydroxylation sites is 1. The minimum Gasteiger partial charge on any atom is -0.504 e. The fourth-order valence-corrected chi connectivity index (χ4v) is 6.66. The monoisotopic (exact) mass is 603 g/mol. The summed E-state index contributed by atoms with van der Waals surface area (Å²) < 4.78 is 2.19. The third-order valence-corrected chi connectivity index (χ3v) is 9.07. The van der Waals surface area contributed by atoms with E-state index in [0.29, 0.717) is 11.5 Å². The van der Waals surface area contributed by atoms with Gasteiger partial charge in [-0.25, -0.2) is 9.97 Å². The molecule has 0 bridgehead atoms. The van der Waals surface area contributed by atoms with Crippen molar-refractivity contribution in [3.05, 3.63) is 126 Å². The molecule has 0 spiro atoms. The van der Waals surface area contributed by atoms with E-state index >= 15 is 0 Å². The van der Waals surface area contributed by atoms with Crippen LogP contribution in [0.1, 0.15) is 16.7 Å². The molecule has 0 saturated heterocycles. The lowest BCUT2D eigenvalue weighted by atomic mass is 9.89. The van der Waals surface area contributed by atoms with Crippen molar-refractivity contribution in [3.8, 4) is 73.6 Å². The number of aromatic nitrogens is 3. The van der Waals surface area contributed by atoms with Crippen LogP contribution in [0.3, 0.4) is 0 Å². The first kappa shape index (κ1) is 27.5. The Bertz CT molecular complexity index is 2280. The highest BCUT2D eigenvalue weighted by atomic mass is 16.3. The zero-order valence-corrected chi connectivity index (χ0v) is 24.9. The van der Waals surface area contributed by atoms with Gasteiger partial charge in [0.1, 0.15) is 0 Å². The molecule has 8 rings (SSSR count). The van der Waals surface area contributed by atoms with Crippen molar-refractivity contribution in [1.29, 1.82) is 0 Å². The maximum absolute atomic E-state index is 10.6. The Labute approximate surface area is 265 Å². The highest BCUT2D eigenvalue weighted by Crippen LogP contribution is 2.51. The summed E-state index contributed by atoms with van der Waals surface area (Å²) in [4.78, 5) is 9.71. The fraction of sp³-hybridized carbons (Fsp3) is 0.0769. The molecule has 224 valence electrons. The van der Waals surface area contributed by atoms with Crippen LogP contribution >= 0.6 is 0 Å². The summed E-state index contributed by atoms with van der Waals surface area (Å²) >= 11 is 0. The van der Waals surface area contributed by atoms with Crippen molar-refractivity contribution >= 4 is 10.9 Å². The van der Waals surface area contributed by atoms with Crippen LogP contribution in [0.15, 0.2) is 109 Å². The summed E-state index contributed by atoms with van der Waals surface area (Å²) in [6, 6.07) is 32.2. The van der Waals surface area contributed by atoms with Gasteiger partial charge >= 0.3 is 0 Å². The lowest BCUT2D eigenvalue weighted by Crippen LogP contribution is -2.08. The molecule has 0 fully saturated rings. The van der Waals surface area contributed by atoms with Crippen LogP contribution in [0, 0.1) is 6.92 Å². The molecule has 7 aromatic rings. The Morgan fingerprint density at radius 2 is 1.22 bits per heavy atom. The van der Waals surface area contributed by atoms with Crippen molar-refractivity contribution in [1.82, 2.24) is 14.5 Å². The average molecular weight is 604 g/mol. The maximum Gasteiger partial charge on any atom is 0.234 e. The van der Waals surface area contributed by atoms with E-state index in [-0.39, 0.29) is 11.1 Å². The number of aromatic hydroxyl groups is 4. The van der Waals surface area contributed by atoms with E-state index in [2.05, 4.69) is 53.1 Å². The van der Waals surface area contributed by atoms with Crippen LogP contribution in [0.2, 0.25) is 0 Å². The fourth-order valence-electron chi connectivity index (χ4n) is 6.66. The van der Waals surface area contributed by atoms with Gasteiger partial charge in [-0.2, -0.15) is 0 Å². The lowest BCUT2D eigenvalue weighted by molar-refractivity contribution is 0.371. The molecule has 0 amide bonds. The van der Waals surface area contributed by atoms with Gasteiger partial charge in [0.15, 0.2) is 23.0 Å². The number of benzene rings is 5. The van der Waals surface area contributed by atoms with Gasteiger partial charge < -0.3 is 20.4 Å². The summed E-state index contributed by atoms with van der Waals surface area (Å²) in [6.45, 7) is 1.42. The molecule has 1 aliphatic carbocycles. The van der Waals surface area contributed by atoms with Crippen molar-refractivity contribution in [2.75, 3.05) is 0 Å². The number of aryl methyl sites for hydroxylation is 2. The molecule has 1 aliphatic rings. The van der Waals surface area contributed by atoms with E-state index in [1.165, 1.54) is 34.7 Å². The third-order valence-electron chi connectivity index (χ3n) is 9.07. The molecule has 7 nitrogen and oxygen atoms in total. The SMILES string of the molecule is Cc1c(O)c(O)c(-c2cccc(-c3ccc(-c4cnc(-n5c6c(c7ccccc75)CCc5ccccc5-6)nc4)cc3)c2)c(O)c1O. The van der Waals surface area contributed by atoms with Crippen LogP contribution in [0.25, 0.3) is 61.5 Å². The first-order valence-corrected chi connectivity index (χ1v) is 15.1. The minimum absolute atomic E-state index is 0.00825. The third kappa shape index (κ3) is 4.20. The second kappa shape index (κ2) is 10.5. The van der Waals surface area contributed by atoms with Crippen LogP contribution in [-0.2, 0) is 12.8 Å². The highest BCUT2D eigenvalue weighted by Gasteiger charge is 2.26. The minimum atomic E-state index is -0.485. The van der Waals surface area contributed by atoms with Gasteiger partial charge in [-0.15, -0.1) is 0 Å². The van der Waals surface area contributed by atoms with Gasteiger partial charge in [0.05, 0.1) is 16.8 Å². The second-order valence-corrected chi connectivity index (χ2v) is 11.7. The molecular formula is C39H29N3O4. The molecule has 0 atom stereocenters. The van der Waals surface area contributed by atoms with E-state index in [0.717, 1.165) is 40.6 Å². The van der Waals surface area contributed by atoms with E-state index in [4.69, 9.17) is 9.97 Å². The van der Waals surface area contributed by atoms with Gasteiger partial charge in [0, 0.05) is 34.5 Å². The van der Waals surface area contributed by atoms with E-state index < -0.39 is 23.0 Å². The average Bonchev–Trinajstić information content (AvgIpc) is 3.45. The lowest BCUT2D eigenvalue weighted by Gasteiger charge is -2.19. The maximum atomic E-state index is 10.6. The molecule has 2 heterocycles. The van der Waals surface area contributed by atoms with Gasteiger partial charge in [-0.3, -0.25) is 4.57 Å². The first-order chi connectivity index (χ1) is 22.4. The molecule has 5 aromatic carbocycles. The molecule has 0 radical (unpaired) electrons. The molecule has 0 unspecified atom stereocenters. The number of hydrogen-bond donors (Lipinski definition) is 4. The van der Waals surface area contributed by atoms with Crippen LogP contribution < -0.4 is 0 Å². The van der Waals surface area contributed by atoms with Crippen molar-refractivity contribution < 1.29 is 20.4 Å². The normalized spacial score (nSPS) is 12.2. The Kier molecular flexibility index (Phi) is 6.28. The van der Waals surface area contributed by atoms with E-state index in [9.17, 15) is 20.4 Å². The van der Waals surface area contributed by atoms with Gasteiger partial charge in [0.2, 0.25) is 5.95 Å². The molecule has 0 saturated carbocycles. The van der Waals surface area contributed by atoms with Crippen molar-refractivity contribution in [3.63, 3.8) is 0 Å². The summed E-state index contributed by atoms with van der Waals surface area (Å²) in [5.41, 5.74) is 10.2. The Morgan fingerprint density at radius 3 is 1.96 bits per heavy atom. The van der Waals surface area contributed by atoms with Gasteiger partial charge in [-0.05, 0) is 65.3 Å². The summed E-state index contributed by atoms with van der Waals surface area (Å²) in [5, 5.41) is 42.9. The number of phenols is 4. The zero-order chi connectivity index (χ0) is 31.5.